The van der Waals surface area contributed by atoms with Gasteiger partial charge < -0.3 is 9.08 Å². The van der Waals surface area contributed by atoms with Crippen LogP contribution in [0.1, 0.15) is 29.1 Å². The number of benzene rings is 2. The third kappa shape index (κ3) is 5.67. The minimum Gasteiger partial charge on any atom is -0.379 e. The van der Waals surface area contributed by atoms with E-state index in [2.05, 4.69) is 0 Å². The zero-order chi connectivity index (χ0) is 21.7. The molecule has 158 valence electrons. The van der Waals surface area contributed by atoms with Crippen molar-refractivity contribution >= 4 is 27.4 Å². The molecule has 0 aliphatic rings. The van der Waals surface area contributed by atoms with Crippen molar-refractivity contribution in [2.75, 3.05) is 6.54 Å². The van der Waals surface area contributed by atoms with E-state index in [0.29, 0.717) is 18.0 Å². The number of nitrogens with zero attached hydrogens (tertiary/aromatic N) is 1. The quantitative estimate of drug-likeness (QED) is 0.458. The normalized spacial score (nSPS) is 11.5. The lowest BCUT2D eigenvalue weighted by Gasteiger charge is -2.24. The van der Waals surface area contributed by atoms with Gasteiger partial charge in [-0.15, -0.1) is 11.3 Å². The van der Waals surface area contributed by atoms with Crippen LogP contribution < -0.4 is 4.18 Å². The van der Waals surface area contributed by atoms with Gasteiger partial charge in [-0.3, -0.25) is 4.79 Å². The third-order valence-electron chi connectivity index (χ3n) is 4.18. The lowest BCUT2D eigenvalue weighted by molar-refractivity contribution is 0.0727. The van der Waals surface area contributed by atoms with E-state index in [4.69, 9.17) is 4.18 Å². The van der Waals surface area contributed by atoms with Gasteiger partial charge in [0.1, 0.15) is 16.5 Å². The van der Waals surface area contributed by atoms with Crippen molar-refractivity contribution < 1.29 is 21.8 Å². The summed E-state index contributed by atoms with van der Waals surface area (Å²) in [6.45, 7) is 4.95. The van der Waals surface area contributed by atoms with Gasteiger partial charge in [0.05, 0.1) is 4.88 Å². The highest BCUT2D eigenvalue weighted by molar-refractivity contribution is 7.87. The lowest BCUT2D eigenvalue weighted by Crippen LogP contribution is -2.33. The van der Waals surface area contributed by atoms with Crippen LogP contribution in [0.3, 0.4) is 0 Å². The van der Waals surface area contributed by atoms with Gasteiger partial charge in [-0.1, -0.05) is 32.0 Å². The molecule has 8 heteroatoms. The fourth-order valence-electron chi connectivity index (χ4n) is 2.91. The molecular weight excluding hydrogens is 425 g/mol. The number of carbonyl (C=O) groups is 1. The monoisotopic (exact) mass is 447 g/mol. The Balaban J connectivity index is 1.79. The van der Waals surface area contributed by atoms with E-state index in [-0.39, 0.29) is 22.5 Å². The van der Waals surface area contributed by atoms with Crippen molar-refractivity contribution in [3.05, 3.63) is 82.3 Å². The van der Waals surface area contributed by atoms with Gasteiger partial charge in [0, 0.05) is 13.1 Å². The average molecular weight is 448 g/mol. The molecule has 30 heavy (non-hydrogen) atoms. The first-order valence-electron chi connectivity index (χ1n) is 9.36. The number of hydrogen-bond donors (Lipinski definition) is 0. The predicted octanol–water partition coefficient (Wildman–Crippen LogP) is 4.95. The smallest absolute Gasteiger partial charge is 0.339 e. The second-order valence-corrected chi connectivity index (χ2v) is 9.69. The molecule has 0 saturated heterocycles. The van der Waals surface area contributed by atoms with Crippen molar-refractivity contribution in [2.24, 2.45) is 5.92 Å². The van der Waals surface area contributed by atoms with Crippen LogP contribution in [-0.4, -0.2) is 25.8 Å². The molecule has 0 unspecified atom stereocenters. The summed E-state index contributed by atoms with van der Waals surface area (Å²) in [5.74, 6) is -0.197. The van der Waals surface area contributed by atoms with Crippen LogP contribution in [-0.2, 0) is 16.7 Å². The van der Waals surface area contributed by atoms with Gasteiger partial charge in [-0.05, 0) is 59.3 Å². The SMILES string of the molecule is CC(C)CN(Cc1cccc(OS(=O)(=O)c2ccc(F)cc2)c1)C(=O)c1cccs1. The molecule has 0 fully saturated rings. The summed E-state index contributed by atoms with van der Waals surface area (Å²) in [7, 11) is -4.09. The highest BCUT2D eigenvalue weighted by Crippen LogP contribution is 2.22. The summed E-state index contributed by atoms with van der Waals surface area (Å²) >= 11 is 1.38. The van der Waals surface area contributed by atoms with E-state index in [1.807, 2.05) is 31.4 Å². The number of carbonyl (C=O) groups excluding carboxylic acids is 1. The summed E-state index contributed by atoms with van der Waals surface area (Å²) < 4.78 is 43.2. The van der Waals surface area contributed by atoms with Crippen LogP contribution in [0, 0.1) is 11.7 Å². The molecule has 3 aromatic rings. The molecule has 2 aromatic carbocycles. The molecule has 0 N–H and O–H groups in total. The fraction of sp³-hybridized carbons (Fsp3) is 0.227. The number of rotatable bonds is 8. The maximum atomic E-state index is 13.1. The van der Waals surface area contributed by atoms with Crippen LogP contribution in [0.2, 0.25) is 0 Å². The Morgan fingerprint density at radius 2 is 1.83 bits per heavy atom. The van der Waals surface area contributed by atoms with Crippen LogP contribution in [0.4, 0.5) is 4.39 Å². The Kier molecular flexibility index (Phi) is 6.89. The van der Waals surface area contributed by atoms with Crippen molar-refractivity contribution in [1.29, 1.82) is 0 Å². The largest absolute Gasteiger partial charge is 0.379 e. The van der Waals surface area contributed by atoms with Crippen molar-refractivity contribution in [2.45, 2.75) is 25.3 Å². The summed E-state index contributed by atoms with van der Waals surface area (Å²) in [5.41, 5.74) is 0.743. The fourth-order valence-corrected chi connectivity index (χ4v) is 4.52. The molecule has 0 atom stereocenters. The van der Waals surface area contributed by atoms with E-state index >= 15 is 0 Å². The Morgan fingerprint density at radius 1 is 1.10 bits per heavy atom. The predicted molar refractivity (Wildman–Crippen MR) is 115 cm³/mol. The van der Waals surface area contributed by atoms with Crippen LogP contribution >= 0.6 is 11.3 Å². The molecule has 1 aromatic heterocycles. The third-order valence-corrected chi connectivity index (χ3v) is 6.30. The number of halogens is 1. The van der Waals surface area contributed by atoms with Crippen molar-refractivity contribution in [1.82, 2.24) is 4.90 Å². The molecular formula is C22H22FNO4S2. The Hall–Kier alpha value is -2.71. The van der Waals surface area contributed by atoms with Crippen molar-refractivity contribution in [3.8, 4) is 5.75 Å². The van der Waals surface area contributed by atoms with Gasteiger partial charge >= 0.3 is 10.1 Å². The second kappa shape index (κ2) is 9.40. The minimum absolute atomic E-state index is 0.0658. The first-order chi connectivity index (χ1) is 14.2. The Labute approximate surface area is 179 Å². The zero-order valence-corrected chi connectivity index (χ0v) is 18.3. The molecule has 0 aliphatic carbocycles. The molecule has 1 heterocycles. The zero-order valence-electron chi connectivity index (χ0n) is 16.6. The van der Waals surface area contributed by atoms with E-state index < -0.39 is 15.9 Å². The molecule has 5 nitrogen and oxygen atoms in total. The highest BCUT2D eigenvalue weighted by atomic mass is 32.2. The minimum atomic E-state index is -4.09. The Morgan fingerprint density at radius 3 is 2.47 bits per heavy atom. The maximum absolute atomic E-state index is 13.1. The molecule has 3 rings (SSSR count). The van der Waals surface area contributed by atoms with Gasteiger partial charge in [0.25, 0.3) is 5.91 Å². The van der Waals surface area contributed by atoms with Crippen LogP contribution in [0.5, 0.6) is 5.75 Å². The summed E-state index contributed by atoms with van der Waals surface area (Å²) in [6.07, 6.45) is 0. The number of thiophene rings is 1. The van der Waals surface area contributed by atoms with E-state index in [1.54, 1.807) is 23.1 Å². The van der Waals surface area contributed by atoms with Crippen LogP contribution in [0.25, 0.3) is 0 Å². The van der Waals surface area contributed by atoms with Crippen LogP contribution in [0.15, 0.2) is 70.9 Å². The highest BCUT2D eigenvalue weighted by Gasteiger charge is 2.20. The van der Waals surface area contributed by atoms with E-state index in [0.717, 1.165) is 29.8 Å². The van der Waals surface area contributed by atoms with Crippen molar-refractivity contribution in [3.63, 3.8) is 0 Å². The molecule has 1 amide bonds. The topological polar surface area (TPSA) is 63.7 Å². The molecule has 0 radical (unpaired) electrons. The standard InChI is InChI=1S/C22H22FNO4S2/c1-16(2)14-24(22(25)21-7-4-12-29-21)15-17-5-3-6-19(13-17)28-30(26,27)20-10-8-18(23)9-11-20/h3-13,16H,14-15H2,1-2H3. The number of hydrogen-bond acceptors (Lipinski definition) is 5. The van der Waals surface area contributed by atoms with Gasteiger partial charge in [0.2, 0.25) is 0 Å². The van der Waals surface area contributed by atoms with Gasteiger partial charge in [-0.2, -0.15) is 8.42 Å². The summed E-state index contributed by atoms with van der Waals surface area (Å²) in [6, 6.07) is 14.7. The first kappa shape index (κ1) is 22.0. The maximum Gasteiger partial charge on any atom is 0.339 e. The molecule has 0 aliphatic heterocycles. The first-order valence-corrected chi connectivity index (χ1v) is 11.6. The molecule has 0 bridgehead atoms. The lowest BCUT2D eigenvalue weighted by atomic mass is 10.1. The second-order valence-electron chi connectivity index (χ2n) is 7.20. The van der Waals surface area contributed by atoms with E-state index in [1.165, 1.54) is 17.4 Å². The average Bonchev–Trinajstić information content (AvgIpc) is 3.21. The summed E-state index contributed by atoms with van der Waals surface area (Å²) in [5, 5.41) is 1.86. The Bertz CT molecular complexity index is 1090. The van der Waals surface area contributed by atoms with Gasteiger partial charge in [0.15, 0.2) is 0 Å². The molecule has 0 saturated carbocycles. The summed E-state index contributed by atoms with van der Waals surface area (Å²) in [4.78, 5) is 15.1. The molecule has 0 spiro atoms. The van der Waals surface area contributed by atoms with E-state index in [9.17, 15) is 17.6 Å². The number of amides is 1. The van der Waals surface area contributed by atoms with Gasteiger partial charge in [-0.25, -0.2) is 4.39 Å².